The van der Waals surface area contributed by atoms with E-state index in [-0.39, 0.29) is 12.4 Å². The van der Waals surface area contributed by atoms with Gasteiger partial charge in [-0.1, -0.05) is 0 Å². The number of hydrogen-bond donors (Lipinski definition) is 0. The topological polar surface area (TPSA) is 17.8 Å². The summed E-state index contributed by atoms with van der Waals surface area (Å²) in [6.07, 6.45) is 3.71. The molecule has 0 unspecified atom stereocenters. The summed E-state index contributed by atoms with van der Waals surface area (Å²) in [5, 5.41) is 0. The lowest BCUT2D eigenvalue weighted by Gasteiger charge is -1.93. The van der Waals surface area contributed by atoms with Crippen LogP contribution in [-0.2, 0) is 6.54 Å². The Hall–Kier alpha value is -0.0200. The third kappa shape index (κ3) is 1.99. The lowest BCUT2D eigenvalue weighted by Crippen LogP contribution is -1.90. The highest BCUT2D eigenvalue weighted by Crippen LogP contribution is 2.04. The minimum Gasteiger partial charge on any atom is -0.326 e. The van der Waals surface area contributed by atoms with Gasteiger partial charge in [-0.25, -0.2) is 4.98 Å². The van der Waals surface area contributed by atoms with Gasteiger partial charge in [0.25, 0.3) is 0 Å². The summed E-state index contributed by atoms with van der Waals surface area (Å²) in [6, 6.07) is 0. The molecule has 0 radical (unpaired) electrons. The molecule has 0 aliphatic heterocycles. The fourth-order valence-electron chi connectivity index (χ4n) is 0.547. The van der Waals surface area contributed by atoms with E-state index in [4.69, 9.17) is 0 Å². The zero-order valence-corrected chi connectivity index (χ0v) is 7.44. The van der Waals surface area contributed by atoms with Crippen molar-refractivity contribution in [3.63, 3.8) is 0 Å². The van der Waals surface area contributed by atoms with Crippen molar-refractivity contribution in [3.05, 3.63) is 17.1 Å². The Labute approximate surface area is 68.8 Å². The van der Waals surface area contributed by atoms with Gasteiger partial charge < -0.3 is 4.57 Å². The van der Waals surface area contributed by atoms with Crippen molar-refractivity contribution in [1.29, 1.82) is 0 Å². The number of hydrogen-bond acceptors (Lipinski definition) is 1. The van der Waals surface area contributed by atoms with Crippen LogP contribution < -0.4 is 0 Å². The van der Waals surface area contributed by atoms with Crippen LogP contribution in [0.1, 0.15) is 6.92 Å². The Morgan fingerprint density at radius 1 is 1.78 bits per heavy atom. The molecule has 9 heavy (non-hydrogen) atoms. The highest BCUT2D eigenvalue weighted by Gasteiger charge is 1.90. The van der Waals surface area contributed by atoms with Crippen molar-refractivity contribution in [2.45, 2.75) is 13.5 Å². The standard InChI is InChI=1S/C5H7BrN2.ClH/c1-2-8-4-3-7-5(8)6;/h3-4H,2H2,1H3;1H. The highest BCUT2D eigenvalue weighted by atomic mass is 79.9. The largest absolute Gasteiger partial charge is 0.326 e. The second-order valence-electron chi connectivity index (χ2n) is 1.48. The smallest absolute Gasteiger partial charge is 0.177 e. The van der Waals surface area contributed by atoms with Gasteiger partial charge in [-0.05, 0) is 22.9 Å². The maximum absolute atomic E-state index is 3.97. The summed E-state index contributed by atoms with van der Waals surface area (Å²) in [4.78, 5) is 3.97. The van der Waals surface area contributed by atoms with Gasteiger partial charge in [0.2, 0.25) is 0 Å². The van der Waals surface area contributed by atoms with Gasteiger partial charge in [-0.3, -0.25) is 0 Å². The minimum absolute atomic E-state index is 0. The monoisotopic (exact) mass is 210 g/mol. The first-order valence-corrected chi connectivity index (χ1v) is 3.30. The number of aromatic nitrogens is 2. The quantitative estimate of drug-likeness (QED) is 0.695. The second-order valence-corrected chi connectivity index (χ2v) is 2.19. The van der Waals surface area contributed by atoms with E-state index in [0.717, 1.165) is 11.3 Å². The van der Waals surface area contributed by atoms with Crippen molar-refractivity contribution in [1.82, 2.24) is 9.55 Å². The zero-order valence-electron chi connectivity index (χ0n) is 5.04. The Morgan fingerprint density at radius 2 is 2.44 bits per heavy atom. The van der Waals surface area contributed by atoms with E-state index in [1.165, 1.54) is 0 Å². The van der Waals surface area contributed by atoms with Crippen molar-refractivity contribution < 1.29 is 0 Å². The third-order valence-corrected chi connectivity index (χ3v) is 1.67. The van der Waals surface area contributed by atoms with E-state index in [1.54, 1.807) is 6.20 Å². The first-order valence-electron chi connectivity index (χ1n) is 2.51. The van der Waals surface area contributed by atoms with Crippen molar-refractivity contribution >= 4 is 28.3 Å². The molecule has 0 aromatic carbocycles. The maximum Gasteiger partial charge on any atom is 0.177 e. The molecular formula is C5H8BrClN2. The van der Waals surface area contributed by atoms with E-state index >= 15 is 0 Å². The molecule has 0 saturated heterocycles. The van der Waals surface area contributed by atoms with Gasteiger partial charge in [-0.2, -0.15) is 0 Å². The molecule has 0 saturated carbocycles. The van der Waals surface area contributed by atoms with Gasteiger partial charge in [0.15, 0.2) is 4.73 Å². The Kier molecular flexibility index (Phi) is 3.89. The van der Waals surface area contributed by atoms with Crippen LogP contribution in [-0.4, -0.2) is 9.55 Å². The van der Waals surface area contributed by atoms with Gasteiger partial charge in [0, 0.05) is 18.9 Å². The molecule has 1 heterocycles. The van der Waals surface area contributed by atoms with E-state index < -0.39 is 0 Å². The van der Waals surface area contributed by atoms with Crippen LogP contribution in [0.25, 0.3) is 0 Å². The van der Waals surface area contributed by atoms with Gasteiger partial charge in [0.05, 0.1) is 0 Å². The number of imidazole rings is 1. The zero-order chi connectivity index (χ0) is 5.98. The SMILES string of the molecule is CCn1ccnc1Br.Cl. The Morgan fingerprint density at radius 3 is 2.67 bits per heavy atom. The average Bonchev–Trinajstić information content (AvgIpc) is 2.14. The molecule has 1 aromatic heterocycles. The molecular weight excluding hydrogens is 203 g/mol. The summed E-state index contributed by atoms with van der Waals surface area (Å²) in [5.41, 5.74) is 0. The molecule has 52 valence electrons. The molecule has 4 heteroatoms. The van der Waals surface area contributed by atoms with Crippen LogP contribution >= 0.6 is 28.3 Å². The highest BCUT2D eigenvalue weighted by molar-refractivity contribution is 9.10. The fourth-order valence-corrected chi connectivity index (χ4v) is 1.03. The van der Waals surface area contributed by atoms with E-state index in [9.17, 15) is 0 Å². The summed E-state index contributed by atoms with van der Waals surface area (Å²) < 4.78 is 2.92. The van der Waals surface area contributed by atoms with Crippen LogP contribution in [0.3, 0.4) is 0 Å². The van der Waals surface area contributed by atoms with Gasteiger partial charge in [0.1, 0.15) is 0 Å². The molecule has 0 aliphatic carbocycles. The molecule has 1 rings (SSSR count). The molecule has 0 N–H and O–H groups in total. The van der Waals surface area contributed by atoms with Crippen LogP contribution in [0.15, 0.2) is 17.1 Å². The lowest BCUT2D eigenvalue weighted by atomic mass is 10.7. The Bertz CT molecular complexity index is 175. The number of nitrogens with zero attached hydrogens (tertiary/aromatic N) is 2. The molecule has 2 nitrogen and oxygen atoms in total. The summed E-state index contributed by atoms with van der Waals surface area (Å²) in [6.45, 7) is 3.05. The number of halogens is 2. The Balaban J connectivity index is 0.000000640. The van der Waals surface area contributed by atoms with Crippen molar-refractivity contribution in [3.8, 4) is 0 Å². The normalized spacial score (nSPS) is 8.67. The summed E-state index contributed by atoms with van der Waals surface area (Å²) in [7, 11) is 0. The van der Waals surface area contributed by atoms with E-state index in [1.807, 2.05) is 10.8 Å². The van der Waals surface area contributed by atoms with Crippen LogP contribution in [0.5, 0.6) is 0 Å². The van der Waals surface area contributed by atoms with Crippen LogP contribution in [0, 0.1) is 0 Å². The second kappa shape index (κ2) is 3.90. The van der Waals surface area contributed by atoms with E-state index in [0.29, 0.717) is 0 Å². The average molecular weight is 211 g/mol. The van der Waals surface area contributed by atoms with Crippen molar-refractivity contribution in [2.24, 2.45) is 0 Å². The molecule has 0 amide bonds. The molecule has 0 aliphatic rings. The molecule has 0 bridgehead atoms. The lowest BCUT2D eigenvalue weighted by molar-refractivity contribution is 0.741. The van der Waals surface area contributed by atoms with Gasteiger partial charge in [-0.15, -0.1) is 12.4 Å². The molecule has 0 spiro atoms. The molecule has 0 fully saturated rings. The first kappa shape index (κ1) is 8.98. The molecule has 0 atom stereocenters. The predicted molar refractivity (Wildman–Crippen MR) is 42.8 cm³/mol. The predicted octanol–water partition coefficient (Wildman–Crippen LogP) is 2.09. The van der Waals surface area contributed by atoms with Crippen molar-refractivity contribution in [2.75, 3.05) is 0 Å². The van der Waals surface area contributed by atoms with E-state index in [2.05, 4.69) is 27.8 Å². The fraction of sp³-hybridized carbons (Fsp3) is 0.400. The first-order chi connectivity index (χ1) is 3.84. The van der Waals surface area contributed by atoms with Crippen LogP contribution in [0.4, 0.5) is 0 Å². The maximum atomic E-state index is 3.97. The molecule has 1 aromatic rings. The number of aryl methyl sites for hydroxylation is 1. The minimum atomic E-state index is 0. The summed E-state index contributed by atoms with van der Waals surface area (Å²) >= 11 is 3.28. The summed E-state index contributed by atoms with van der Waals surface area (Å²) in [5.74, 6) is 0. The van der Waals surface area contributed by atoms with Gasteiger partial charge >= 0.3 is 0 Å². The van der Waals surface area contributed by atoms with Crippen LogP contribution in [0.2, 0.25) is 0 Å². The number of rotatable bonds is 1. The third-order valence-electron chi connectivity index (χ3n) is 1.01.